The topological polar surface area (TPSA) is 66.5 Å². The Bertz CT molecular complexity index is 534. The number of nitriles is 1. The molecule has 0 saturated heterocycles. The summed E-state index contributed by atoms with van der Waals surface area (Å²) in [7, 11) is 0. The zero-order valence-electron chi connectivity index (χ0n) is 9.06. The molecule has 0 aliphatic rings. The van der Waals surface area contributed by atoms with Crippen molar-refractivity contribution in [2.45, 2.75) is 20.4 Å². The molecule has 82 valence electrons. The fourth-order valence-corrected chi connectivity index (χ4v) is 2.09. The highest BCUT2D eigenvalue weighted by Crippen LogP contribution is 2.26. The van der Waals surface area contributed by atoms with Crippen LogP contribution in [0.15, 0.2) is 12.4 Å². The molecular weight excluding hydrogens is 222 g/mol. The zero-order chi connectivity index (χ0) is 11.5. The summed E-state index contributed by atoms with van der Waals surface area (Å²) in [6, 6.07) is 2.14. The van der Waals surface area contributed by atoms with E-state index in [0.29, 0.717) is 5.56 Å². The molecule has 1 N–H and O–H groups in total. The first kappa shape index (κ1) is 10.6. The Morgan fingerprint density at radius 2 is 2.44 bits per heavy atom. The standard InChI is InChI=1S/C10H11N5S/c1-3-15-6-8(5-12-15)13-10-9(4-11)7(2)14-16-10/h5-6,13H,3H2,1-2H3. The predicted molar refractivity (Wildman–Crippen MR) is 62.7 cm³/mol. The van der Waals surface area contributed by atoms with Gasteiger partial charge in [-0.3, -0.25) is 4.68 Å². The van der Waals surface area contributed by atoms with Crippen LogP contribution >= 0.6 is 11.5 Å². The molecule has 0 spiro atoms. The van der Waals surface area contributed by atoms with Gasteiger partial charge >= 0.3 is 0 Å². The second kappa shape index (κ2) is 4.33. The fourth-order valence-electron chi connectivity index (χ4n) is 1.32. The summed E-state index contributed by atoms with van der Waals surface area (Å²) in [5.74, 6) is 0. The summed E-state index contributed by atoms with van der Waals surface area (Å²) < 4.78 is 5.96. The van der Waals surface area contributed by atoms with Gasteiger partial charge in [-0.25, -0.2) is 0 Å². The normalized spacial score (nSPS) is 10.1. The maximum Gasteiger partial charge on any atom is 0.132 e. The quantitative estimate of drug-likeness (QED) is 0.883. The Morgan fingerprint density at radius 1 is 1.62 bits per heavy atom. The lowest BCUT2D eigenvalue weighted by Gasteiger charge is -1.98. The van der Waals surface area contributed by atoms with Crippen LogP contribution in [0.5, 0.6) is 0 Å². The smallest absolute Gasteiger partial charge is 0.132 e. The van der Waals surface area contributed by atoms with E-state index in [1.54, 1.807) is 6.20 Å². The predicted octanol–water partition coefficient (Wildman–Crippen LogP) is 2.28. The van der Waals surface area contributed by atoms with Gasteiger partial charge in [0, 0.05) is 12.7 Å². The van der Waals surface area contributed by atoms with Gasteiger partial charge in [0.15, 0.2) is 0 Å². The molecule has 0 radical (unpaired) electrons. The van der Waals surface area contributed by atoms with Crippen LogP contribution in [-0.2, 0) is 6.54 Å². The van der Waals surface area contributed by atoms with Crippen LogP contribution < -0.4 is 5.32 Å². The number of nitrogens with one attached hydrogen (secondary N) is 1. The number of hydrogen-bond donors (Lipinski definition) is 1. The Labute approximate surface area is 97.5 Å². The molecule has 0 unspecified atom stereocenters. The summed E-state index contributed by atoms with van der Waals surface area (Å²) in [4.78, 5) is 0. The molecule has 0 saturated carbocycles. The average molecular weight is 233 g/mol. The van der Waals surface area contributed by atoms with Crippen molar-refractivity contribution >= 4 is 22.2 Å². The molecule has 2 rings (SSSR count). The SMILES string of the molecule is CCn1cc(Nc2snc(C)c2C#N)cn1. The van der Waals surface area contributed by atoms with Gasteiger partial charge in [-0.05, 0) is 25.4 Å². The van der Waals surface area contributed by atoms with E-state index in [1.807, 2.05) is 24.7 Å². The molecule has 0 amide bonds. The molecule has 0 aromatic carbocycles. The zero-order valence-corrected chi connectivity index (χ0v) is 9.88. The van der Waals surface area contributed by atoms with Crippen LogP contribution in [0.2, 0.25) is 0 Å². The highest BCUT2D eigenvalue weighted by Gasteiger charge is 2.10. The van der Waals surface area contributed by atoms with Crippen molar-refractivity contribution in [3.63, 3.8) is 0 Å². The van der Waals surface area contributed by atoms with Crippen molar-refractivity contribution < 1.29 is 0 Å². The van der Waals surface area contributed by atoms with E-state index in [0.717, 1.165) is 22.9 Å². The number of nitrogens with zero attached hydrogens (tertiary/aromatic N) is 4. The Morgan fingerprint density at radius 3 is 3.06 bits per heavy atom. The largest absolute Gasteiger partial charge is 0.342 e. The Hall–Kier alpha value is -1.87. The summed E-state index contributed by atoms with van der Waals surface area (Å²) >= 11 is 1.29. The van der Waals surface area contributed by atoms with Gasteiger partial charge in [0.2, 0.25) is 0 Å². The molecule has 0 fully saturated rings. The number of aromatic nitrogens is 3. The average Bonchev–Trinajstić information content (AvgIpc) is 2.86. The van der Waals surface area contributed by atoms with Crippen LogP contribution in [0.25, 0.3) is 0 Å². The number of hydrogen-bond acceptors (Lipinski definition) is 5. The summed E-state index contributed by atoms with van der Waals surface area (Å²) in [6.45, 7) is 4.68. The van der Waals surface area contributed by atoms with E-state index in [-0.39, 0.29) is 0 Å². The van der Waals surface area contributed by atoms with E-state index >= 15 is 0 Å². The van der Waals surface area contributed by atoms with Crippen LogP contribution in [0.4, 0.5) is 10.7 Å². The Balaban J connectivity index is 2.24. The minimum absolute atomic E-state index is 0.606. The van der Waals surface area contributed by atoms with Gasteiger partial charge in [0.1, 0.15) is 16.6 Å². The summed E-state index contributed by atoms with van der Waals surface area (Å²) in [6.07, 6.45) is 3.63. The molecule has 0 bridgehead atoms. The van der Waals surface area contributed by atoms with E-state index in [9.17, 15) is 0 Å². The van der Waals surface area contributed by atoms with Crippen LogP contribution in [0.1, 0.15) is 18.2 Å². The van der Waals surface area contributed by atoms with Crippen molar-refractivity contribution in [1.82, 2.24) is 14.2 Å². The van der Waals surface area contributed by atoms with Crippen LogP contribution in [0, 0.1) is 18.3 Å². The van der Waals surface area contributed by atoms with Crippen molar-refractivity contribution in [3.05, 3.63) is 23.7 Å². The van der Waals surface area contributed by atoms with Gasteiger partial charge in [-0.1, -0.05) is 0 Å². The summed E-state index contributed by atoms with van der Waals surface area (Å²) in [5.41, 5.74) is 2.24. The fraction of sp³-hybridized carbons (Fsp3) is 0.300. The lowest BCUT2D eigenvalue weighted by atomic mass is 10.3. The molecule has 2 heterocycles. The van der Waals surface area contributed by atoms with Gasteiger partial charge in [0.05, 0.1) is 17.6 Å². The highest BCUT2D eigenvalue weighted by atomic mass is 32.1. The third-order valence-electron chi connectivity index (χ3n) is 2.19. The minimum Gasteiger partial charge on any atom is -0.342 e. The molecule has 16 heavy (non-hydrogen) atoms. The first-order valence-electron chi connectivity index (χ1n) is 4.90. The first-order valence-corrected chi connectivity index (χ1v) is 5.67. The molecule has 0 aliphatic carbocycles. The van der Waals surface area contributed by atoms with Gasteiger partial charge < -0.3 is 5.32 Å². The minimum atomic E-state index is 0.606. The van der Waals surface area contributed by atoms with Crippen molar-refractivity contribution in [1.29, 1.82) is 5.26 Å². The monoisotopic (exact) mass is 233 g/mol. The van der Waals surface area contributed by atoms with Gasteiger partial charge in [0.25, 0.3) is 0 Å². The highest BCUT2D eigenvalue weighted by molar-refractivity contribution is 7.10. The van der Waals surface area contributed by atoms with E-state index in [1.165, 1.54) is 11.5 Å². The van der Waals surface area contributed by atoms with E-state index in [2.05, 4.69) is 20.9 Å². The lowest BCUT2D eigenvalue weighted by molar-refractivity contribution is 0.660. The number of aryl methyl sites for hydroxylation is 2. The third kappa shape index (κ3) is 1.90. The molecule has 6 heteroatoms. The molecule has 2 aromatic rings. The molecule has 0 aliphatic heterocycles. The van der Waals surface area contributed by atoms with Crippen molar-refractivity contribution in [2.75, 3.05) is 5.32 Å². The Kier molecular flexibility index (Phi) is 2.88. The lowest BCUT2D eigenvalue weighted by Crippen LogP contribution is -1.92. The van der Waals surface area contributed by atoms with Crippen LogP contribution in [0.3, 0.4) is 0 Å². The summed E-state index contributed by atoms with van der Waals surface area (Å²) in [5, 5.41) is 17.0. The maximum absolute atomic E-state index is 8.97. The second-order valence-electron chi connectivity index (χ2n) is 3.29. The van der Waals surface area contributed by atoms with Gasteiger partial charge in [-0.15, -0.1) is 0 Å². The molecule has 5 nitrogen and oxygen atoms in total. The first-order chi connectivity index (χ1) is 7.74. The third-order valence-corrected chi connectivity index (χ3v) is 3.04. The molecule has 2 aromatic heterocycles. The van der Waals surface area contributed by atoms with Gasteiger partial charge in [-0.2, -0.15) is 14.7 Å². The van der Waals surface area contributed by atoms with Crippen molar-refractivity contribution in [2.24, 2.45) is 0 Å². The maximum atomic E-state index is 8.97. The molecule has 0 atom stereocenters. The number of rotatable bonds is 3. The van der Waals surface area contributed by atoms with E-state index in [4.69, 9.17) is 5.26 Å². The number of anilines is 2. The van der Waals surface area contributed by atoms with Crippen LogP contribution in [-0.4, -0.2) is 14.2 Å². The molecular formula is C10H11N5S. The second-order valence-corrected chi connectivity index (χ2v) is 4.07. The van der Waals surface area contributed by atoms with E-state index < -0.39 is 0 Å². The van der Waals surface area contributed by atoms with Crippen molar-refractivity contribution in [3.8, 4) is 6.07 Å².